The van der Waals surface area contributed by atoms with Crippen LogP contribution in [0.15, 0.2) is 22.7 Å². The molecule has 0 spiro atoms. The van der Waals surface area contributed by atoms with E-state index < -0.39 is 0 Å². The van der Waals surface area contributed by atoms with Crippen LogP contribution >= 0.6 is 15.9 Å². The third-order valence-corrected chi connectivity index (χ3v) is 3.45. The summed E-state index contributed by atoms with van der Waals surface area (Å²) in [5.74, 6) is -0.116. The van der Waals surface area contributed by atoms with Crippen molar-refractivity contribution in [2.45, 2.75) is 39.2 Å². The van der Waals surface area contributed by atoms with Crippen molar-refractivity contribution < 1.29 is 9.90 Å². The topological polar surface area (TPSA) is 75.4 Å². The molecule has 0 heterocycles. The molecule has 19 heavy (non-hydrogen) atoms. The van der Waals surface area contributed by atoms with Gasteiger partial charge in [-0.05, 0) is 38.0 Å². The second kappa shape index (κ2) is 7.50. The zero-order chi connectivity index (χ0) is 14.4. The van der Waals surface area contributed by atoms with Gasteiger partial charge in [-0.2, -0.15) is 0 Å². The molecule has 0 aromatic heterocycles. The van der Waals surface area contributed by atoms with Crippen molar-refractivity contribution in [1.29, 1.82) is 0 Å². The molecular weight excluding hydrogens is 308 g/mol. The molecule has 5 heteroatoms. The number of amides is 1. The summed E-state index contributed by atoms with van der Waals surface area (Å²) in [7, 11) is 0. The quantitative estimate of drug-likeness (QED) is 0.701. The molecule has 1 amide bonds. The molecule has 2 atom stereocenters. The largest absolute Gasteiger partial charge is 0.506 e. The Kier molecular flexibility index (Phi) is 6.31. The lowest BCUT2D eigenvalue weighted by Gasteiger charge is -2.14. The van der Waals surface area contributed by atoms with Gasteiger partial charge in [0.05, 0.1) is 5.69 Å². The predicted octanol–water partition coefficient (Wildman–Crippen LogP) is 3.25. The SMILES string of the molecule is CC(N)CCCC(C)C(=O)Nc1cc(Br)ccc1O. The van der Waals surface area contributed by atoms with Crippen molar-refractivity contribution in [3.05, 3.63) is 22.7 Å². The summed E-state index contributed by atoms with van der Waals surface area (Å²) in [5, 5.41) is 12.4. The zero-order valence-corrected chi connectivity index (χ0v) is 12.9. The number of carbonyl (C=O) groups is 1. The van der Waals surface area contributed by atoms with Crippen molar-refractivity contribution in [2.24, 2.45) is 11.7 Å². The molecule has 0 fully saturated rings. The first-order valence-electron chi connectivity index (χ1n) is 6.45. The van der Waals surface area contributed by atoms with E-state index in [1.807, 2.05) is 13.8 Å². The van der Waals surface area contributed by atoms with Gasteiger partial charge in [0.15, 0.2) is 0 Å². The zero-order valence-electron chi connectivity index (χ0n) is 11.3. The van der Waals surface area contributed by atoms with Gasteiger partial charge in [0.25, 0.3) is 0 Å². The number of phenolic OH excluding ortho intramolecular Hbond substituents is 1. The molecule has 4 N–H and O–H groups in total. The summed E-state index contributed by atoms with van der Waals surface area (Å²) in [6, 6.07) is 5.11. The van der Waals surface area contributed by atoms with Crippen LogP contribution in [-0.4, -0.2) is 17.1 Å². The van der Waals surface area contributed by atoms with Crippen LogP contribution in [0.4, 0.5) is 5.69 Å². The Hall–Kier alpha value is -1.07. The Morgan fingerprint density at radius 1 is 1.42 bits per heavy atom. The van der Waals surface area contributed by atoms with Gasteiger partial charge in [-0.15, -0.1) is 0 Å². The summed E-state index contributed by atoms with van der Waals surface area (Å²) in [4.78, 5) is 12.0. The maximum atomic E-state index is 12.0. The van der Waals surface area contributed by atoms with E-state index in [1.54, 1.807) is 18.2 Å². The minimum atomic E-state index is -0.0999. The fourth-order valence-corrected chi connectivity index (χ4v) is 2.10. The van der Waals surface area contributed by atoms with Crippen LogP contribution in [-0.2, 0) is 4.79 Å². The number of phenols is 1. The normalized spacial score (nSPS) is 13.9. The average Bonchev–Trinajstić information content (AvgIpc) is 2.33. The van der Waals surface area contributed by atoms with Gasteiger partial charge in [0, 0.05) is 16.4 Å². The lowest BCUT2D eigenvalue weighted by Crippen LogP contribution is -2.21. The number of aromatic hydroxyl groups is 1. The first-order valence-corrected chi connectivity index (χ1v) is 7.24. The third-order valence-electron chi connectivity index (χ3n) is 2.96. The van der Waals surface area contributed by atoms with Crippen LogP contribution < -0.4 is 11.1 Å². The van der Waals surface area contributed by atoms with E-state index in [9.17, 15) is 9.90 Å². The molecule has 0 bridgehead atoms. The minimum absolute atomic E-state index is 0.0688. The number of carbonyl (C=O) groups excluding carboxylic acids is 1. The van der Waals surface area contributed by atoms with Crippen molar-refractivity contribution in [3.8, 4) is 5.75 Å². The highest BCUT2D eigenvalue weighted by molar-refractivity contribution is 9.10. The van der Waals surface area contributed by atoms with Gasteiger partial charge in [-0.25, -0.2) is 0 Å². The molecule has 106 valence electrons. The Bertz CT molecular complexity index is 435. The lowest BCUT2D eigenvalue weighted by molar-refractivity contribution is -0.119. The fourth-order valence-electron chi connectivity index (χ4n) is 1.74. The standard InChI is InChI=1S/C14H21BrN2O2/c1-9(4-3-5-10(2)16)14(19)17-12-8-11(15)6-7-13(12)18/h6-10,18H,3-5,16H2,1-2H3,(H,17,19). The smallest absolute Gasteiger partial charge is 0.227 e. The number of rotatable bonds is 6. The number of nitrogens with two attached hydrogens (primary N) is 1. The summed E-state index contributed by atoms with van der Waals surface area (Å²) in [6.07, 6.45) is 2.64. The van der Waals surface area contributed by atoms with Crippen LogP contribution in [0.3, 0.4) is 0 Å². The fraction of sp³-hybridized carbons (Fsp3) is 0.500. The molecule has 4 nitrogen and oxygen atoms in total. The van der Waals surface area contributed by atoms with E-state index in [-0.39, 0.29) is 23.6 Å². The Balaban J connectivity index is 2.51. The molecule has 0 saturated carbocycles. The first-order chi connectivity index (χ1) is 8.90. The number of hydrogen-bond acceptors (Lipinski definition) is 3. The van der Waals surface area contributed by atoms with Crippen LogP contribution in [0.1, 0.15) is 33.1 Å². The van der Waals surface area contributed by atoms with Gasteiger partial charge in [-0.1, -0.05) is 29.3 Å². The van der Waals surface area contributed by atoms with E-state index in [1.165, 1.54) is 0 Å². The maximum absolute atomic E-state index is 12.0. The summed E-state index contributed by atoms with van der Waals surface area (Å²) in [6.45, 7) is 3.84. The summed E-state index contributed by atoms with van der Waals surface area (Å²) in [5.41, 5.74) is 6.11. The van der Waals surface area contributed by atoms with Crippen molar-refractivity contribution in [3.63, 3.8) is 0 Å². The van der Waals surface area contributed by atoms with Gasteiger partial charge in [-0.3, -0.25) is 4.79 Å². The molecule has 2 unspecified atom stereocenters. The van der Waals surface area contributed by atoms with E-state index in [4.69, 9.17) is 5.73 Å². The Morgan fingerprint density at radius 3 is 2.74 bits per heavy atom. The predicted molar refractivity (Wildman–Crippen MR) is 81.1 cm³/mol. The molecule has 1 aromatic carbocycles. The van der Waals surface area contributed by atoms with E-state index in [0.717, 1.165) is 23.7 Å². The Labute approximate surface area is 122 Å². The van der Waals surface area contributed by atoms with Crippen LogP contribution in [0.2, 0.25) is 0 Å². The lowest BCUT2D eigenvalue weighted by atomic mass is 10.0. The monoisotopic (exact) mass is 328 g/mol. The van der Waals surface area contributed by atoms with Crippen LogP contribution in [0, 0.1) is 5.92 Å². The second-order valence-electron chi connectivity index (χ2n) is 4.96. The number of nitrogens with one attached hydrogen (secondary N) is 1. The van der Waals surface area contributed by atoms with Crippen LogP contribution in [0.5, 0.6) is 5.75 Å². The van der Waals surface area contributed by atoms with E-state index in [0.29, 0.717) is 5.69 Å². The molecule has 0 aliphatic heterocycles. The van der Waals surface area contributed by atoms with E-state index in [2.05, 4.69) is 21.2 Å². The van der Waals surface area contributed by atoms with Gasteiger partial charge in [0.2, 0.25) is 5.91 Å². The minimum Gasteiger partial charge on any atom is -0.506 e. The van der Waals surface area contributed by atoms with Crippen molar-refractivity contribution in [1.82, 2.24) is 0 Å². The highest BCUT2D eigenvalue weighted by Gasteiger charge is 2.14. The van der Waals surface area contributed by atoms with Gasteiger partial charge >= 0.3 is 0 Å². The molecule has 0 saturated heterocycles. The number of hydrogen-bond donors (Lipinski definition) is 3. The van der Waals surface area contributed by atoms with Crippen molar-refractivity contribution in [2.75, 3.05) is 5.32 Å². The molecule has 1 aromatic rings. The maximum Gasteiger partial charge on any atom is 0.227 e. The van der Waals surface area contributed by atoms with E-state index >= 15 is 0 Å². The third kappa shape index (κ3) is 5.61. The second-order valence-corrected chi connectivity index (χ2v) is 5.88. The highest BCUT2D eigenvalue weighted by atomic mass is 79.9. The summed E-state index contributed by atoms with van der Waals surface area (Å²) >= 11 is 3.30. The van der Waals surface area contributed by atoms with Crippen LogP contribution in [0.25, 0.3) is 0 Å². The average molecular weight is 329 g/mol. The number of benzene rings is 1. The number of halogens is 1. The molecule has 1 rings (SSSR count). The highest BCUT2D eigenvalue weighted by Crippen LogP contribution is 2.27. The van der Waals surface area contributed by atoms with Crippen molar-refractivity contribution >= 4 is 27.5 Å². The molecule has 0 radical (unpaired) electrons. The number of anilines is 1. The molecule has 0 aliphatic rings. The molecule has 0 aliphatic carbocycles. The summed E-state index contributed by atoms with van der Waals surface area (Å²) < 4.78 is 0.810. The van der Waals surface area contributed by atoms with Gasteiger partial charge < -0.3 is 16.2 Å². The molecular formula is C14H21BrN2O2. The first kappa shape index (κ1) is 16.0. The Morgan fingerprint density at radius 2 is 2.11 bits per heavy atom. The van der Waals surface area contributed by atoms with Gasteiger partial charge in [0.1, 0.15) is 5.75 Å².